The van der Waals surface area contributed by atoms with Crippen molar-refractivity contribution in [2.75, 3.05) is 60.9 Å². The molecular formula is C41H46ClN9O5. The van der Waals surface area contributed by atoms with Gasteiger partial charge < -0.3 is 24.8 Å². The lowest BCUT2D eigenvalue weighted by Crippen LogP contribution is -2.52. The number of carbonyl (C=O) groups is 4. The second-order valence-corrected chi connectivity index (χ2v) is 16.0. The van der Waals surface area contributed by atoms with Gasteiger partial charge in [-0.05, 0) is 80.7 Å². The molecule has 1 saturated carbocycles. The third kappa shape index (κ3) is 8.29. The summed E-state index contributed by atoms with van der Waals surface area (Å²) in [5.74, 6) is 1.54. The summed E-state index contributed by atoms with van der Waals surface area (Å²) >= 11 is 6.14. The van der Waals surface area contributed by atoms with Crippen molar-refractivity contribution in [3.8, 4) is 11.8 Å². The first-order valence-electron chi connectivity index (χ1n) is 19.7. The predicted molar refractivity (Wildman–Crippen MR) is 209 cm³/mol. The van der Waals surface area contributed by atoms with Crippen LogP contribution >= 0.6 is 11.6 Å². The minimum Gasteiger partial charge on any atom is -0.490 e. The number of piperidine rings is 2. The number of piperazine rings is 1. The summed E-state index contributed by atoms with van der Waals surface area (Å²) < 4.78 is 6.07. The first kappa shape index (κ1) is 37.7. The number of halogens is 1. The molecule has 15 heteroatoms. The van der Waals surface area contributed by atoms with Crippen molar-refractivity contribution in [1.29, 1.82) is 5.26 Å². The van der Waals surface area contributed by atoms with E-state index in [0.717, 1.165) is 88.6 Å². The van der Waals surface area contributed by atoms with Gasteiger partial charge in [-0.25, -0.2) is 9.97 Å². The molecule has 1 aliphatic carbocycles. The zero-order valence-electron chi connectivity index (χ0n) is 31.3. The van der Waals surface area contributed by atoms with E-state index < -0.39 is 6.04 Å². The van der Waals surface area contributed by atoms with E-state index in [9.17, 15) is 19.2 Å². The zero-order chi connectivity index (χ0) is 38.8. The van der Waals surface area contributed by atoms with Crippen LogP contribution in [0.3, 0.4) is 0 Å². The van der Waals surface area contributed by atoms with Crippen molar-refractivity contribution in [2.24, 2.45) is 11.8 Å². The molecule has 4 fully saturated rings. The Morgan fingerprint density at radius 2 is 1.70 bits per heavy atom. The molecule has 5 heterocycles. The van der Waals surface area contributed by atoms with E-state index in [4.69, 9.17) is 21.6 Å². The number of imide groups is 1. The molecule has 3 aromatic rings. The second kappa shape index (κ2) is 16.5. The average molecular weight is 780 g/mol. The molecule has 0 bridgehead atoms. The van der Waals surface area contributed by atoms with Crippen LogP contribution in [-0.4, -0.2) is 101 Å². The van der Waals surface area contributed by atoms with E-state index >= 15 is 0 Å². The summed E-state index contributed by atoms with van der Waals surface area (Å²) in [6.45, 7) is 6.93. The van der Waals surface area contributed by atoms with Crippen LogP contribution in [-0.2, 0) is 20.9 Å². The summed E-state index contributed by atoms with van der Waals surface area (Å²) in [7, 11) is 0. The molecule has 2 aromatic carbocycles. The Morgan fingerprint density at radius 1 is 0.911 bits per heavy atom. The molecule has 1 aromatic heterocycles. The van der Waals surface area contributed by atoms with Gasteiger partial charge in [0, 0.05) is 82.0 Å². The van der Waals surface area contributed by atoms with Crippen molar-refractivity contribution in [3.63, 3.8) is 0 Å². The molecule has 2 N–H and O–H groups in total. The van der Waals surface area contributed by atoms with Crippen molar-refractivity contribution >= 4 is 52.6 Å². The minimum absolute atomic E-state index is 0.00391. The molecule has 292 valence electrons. The number of benzene rings is 2. The molecule has 4 aliphatic heterocycles. The van der Waals surface area contributed by atoms with Gasteiger partial charge in [0.25, 0.3) is 5.91 Å². The van der Waals surface area contributed by atoms with Gasteiger partial charge in [0.1, 0.15) is 23.7 Å². The van der Waals surface area contributed by atoms with Crippen molar-refractivity contribution in [1.82, 2.24) is 25.1 Å². The monoisotopic (exact) mass is 779 g/mol. The highest BCUT2D eigenvalue weighted by atomic mass is 35.5. The third-order valence-electron chi connectivity index (χ3n) is 12.0. The fourth-order valence-electron chi connectivity index (χ4n) is 8.71. The predicted octanol–water partition coefficient (Wildman–Crippen LogP) is 4.38. The Balaban J connectivity index is 0.743. The largest absolute Gasteiger partial charge is 0.490 e. The number of amides is 4. The van der Waals surface area contributed by atoms with E-state index in [1.165, 1.54) is 0 Å². The number of aromatic nitrogens is 2. The van der Waals surface area contributed by atoms with Crippen LogP contribution in [0, 0.1) is 23.2 Å². The van der Waals surface area contributed by atoms with Gasteiger partial charge in [-0.1, -0.05) is 17.7 Å². The summed E-state index contributed by atoms with van der Waals surface area (Å²) in [4.78, 5) is 68.3. The highest BCUT2D eigenvalue weighted by Gasteiger charge is 2.39. The van der Waals surface area contributed by atoms with E-state index in [1.807, 2.05) is 12.1 Å². The maximum atomic E-state index is 13.3. The molecule has 1 atom stereocenters. The Bertz CT molecular complexity index is 2020. The van der Waals surface area contributed by atoms with E-state index in [0.29, 0.717) is 59.4 Å². The summed E-state index contributed by atoms with van der Waals surface area (Å²) in [6.07, 6.45) is 9.07. The number of nitrogens with one attached hydrogen (secondary N) is 2. The summed E-state index contributed by atoms with van der Waals surface area (Å²) in [5, 5.41) is 14.8. The first-order chi connectivity index (χ1) is 27.2. The highest BCUT2D eigenvalue weighted by molar-refractivity contribution is 6.31. The molecule has 1 unspecified atom stereocenters. The minimum atomic E-state index is -0.604. The van der Waals surface area contributed by atoms with Crippen LogP contribution < -0.4 is 25.2 Å². The lowest BCUT2D eigenvalue weighted by molar-refractivity contribution is -0.137. The molecule has 0 radical (unpaired) electrons. The standard InChI is InChI=1S/C41H46ClN9O5/c42-34-20-32(8-4-28(34)21-43)56-31-6-2-27(3-7-31)39(53)46-36-22-45-37(23-44-36)50-13-11-26(12-14-50)24-48-15-17-49(18-16-48)30-5-1-29-25-51(41(55)33(29)19-30)35-9-10-38(52)47-40(35)54/h1,4-5,8,19-20,22-23,26-27,31,35H,2-3,6-7,9-18,24-25H2,(H,44,46,53)(H,47,52,54). The number of hydrogen-bond acceptors (Lipinski definition) is 11. The van der Waals surface area contributed by atoms with Crippen molar-refractivity contribution in [3.05, 3.63) is 70.5 Å². The fraction of sp³-hybridized carbons (Fsp3) is 0.488. The highest BCUT2D eigenvalue weighted by Crippen LogP contribution is 2.33. The molecule has 8 rings (SSSR count). The second-order valence-electron chi connectivity index (χ2n) is 15.6. The van der Waals surface area contributed by atoms with Crippen LogP contribution in [0.5, 0.6) is 5.75 Å². The normalized spacial score (nSPS) is 23.4. The maximum Gasteiger partial charge on any atom is 0.255 e. The number of anilines is 3. The smallest absolute Gasteiger partial charge is 0.255 e. The maximum absolute atomic E-state index is 13.3. The van der Waals surface area contributed by atoms with Crippen LogP contribution in [0.25, 0.3) is 0 Å². The molecule has 3 saturated heterocycles. The first-order valence-corrected chi connectivity index (χ1v) is 20.1. The Morgan fingerprint density at radius 3 is 2.39 bits per heavy atom. The van der Waals surface area contributed by atoms with Crippen LogP contribution in [0.2, 0.25) is 5.02 Å². The van der Waals surface area contributed by atoms with Gasteiger partial charge in [0.05, 0.1) is 29.1 Å². The number of hydrogen-bond donors (Lipinski definition) is 2. The zero-order valence-corrected chi connectivity index (χ0v) is 32.0. The summed E-state index contributed by atoms with van der Waals surface area (Å²) in [6, 6.07) is 12.6. The molecule has 14 nitrogen and oxygen atoms in total. The van der Waals surface area contributed by atoms with Gasteiger partial charge >= 0.3 is 0 Å². The van der Waals surface area contributed by atoms with E-state index in [-0.39, 0.29) is 42.1 Å². The Hall–Kier alpha value is -5.26. The SMILES string of the molecule is N#Cc1ccc(OC2CCC(C(=O)Nc3cnc(N4CCC(CN5CCN(c6ccc7c(c6)C(=O)N(C6CCC(=O)NC6=O)C7)CC5)CC4)cn3)CC2)cc1Cl. The quantitative estimate of drug-likeness (QED) is 0.297. The van der Waals surface area contributed by atoms with Gasteiger partial charge in [-0.15, -0.1) is 0 Å². The Labute approximate surface area is 331 Å². The van der Waals surface area contributed by atoms with Crippen molar-refractivity contribution in [2.45, 2.75) is 70.1 Å². The van der Waals surface area contributed by atoms with E-state index in [2.05, 4.69) is 47.4 Å². The number of carbonyl (C=O) groups excluding carboxylic acids is 4. The fourth-order valence-corrected chi connectivity index (χ4v) is 8.92. The van der Waals surface area contributed by atoms with Gasteiger partial charge in [-0.2, -0.15) is 5.26 Å². The number of nitriles is 1. The summed E-state index contributed by atoms with van der Waals surface area (Å²) in [5.41, 5.74) is 3.02. The number of fused-ring (bicyclic) bond motifs is 1. The number of rotatable bonds is 9. The topological polar surface area (TPSA) is 164 Å². The van der Waals surface area contributed by atoms with Gasteiger partial charge in [0.15, 0.2) is 5.82 Å². The third-order valence-corrected chi connectivity index (χ3v) is 12.3. The average Bonchev–Trinajstić information content (AvgIpc) is 3.54. The molecule has 56 heavy (non-hydrogen) atoms. The van der Waals surface area contributed by atoms with Gasteiger partial charge in [0.2, 0.25) is 17.7 Å². The number of ether oxygens (including phenoxy) is 1. The number of nitrogens with zero attached hydrogens (tertiary/aromatic N) is 7. The lowest BCUT2D eigenvalue weighted by atomic mass is 9.86. The molecule has 5 aliphatic rings. The van der Waals surface area contributed by atoms with E-state index in [1.54, 1.807) is 35.5 Å². The molecule has 4 amide bonds. The van der Waals surface area contributed by atoms with Gasteiger partial charge in [-0.3, -0.25) is 29.4 Å². The lowest BCUT2D eigenvalue weighted by Gasteiger charge is -2.39. The Kier molecular flexibility index (Phi) is 11.1. The van der Waals surface area contributed by atoms with Crippen LogP contribution in [0.15, 0.2) is 48.8 Å². The molecular weight excluding hydrogens is 734 g/mol. The molecule has 0 spiro atoms. The van der Waals surface area contributed by atoms with Crippen LogP contribution in [0.4, 0.5) is 17.3 Å². The van der Waals surface area contributed by atoms with Crippen LogP contribution in [0.1, 0.15) is 72.9 Å². The van der Waals surface area contributed by atoms with Crippen molar-refractivity contribution < 1.29 is 23.9 Å².